The lowest BCUT2D eigenvalue weighted by Gasteiger charge is -2.02. The third kappa shape index (κ3) is 22.7. The van der Waals surface area contributed by atoms with E-state index in [1.807, 2.05) is 25.1 Å². The van der Waals surface area contributed by atoms with Crippen molar-refractivity contribution < 1.29 is 9.90 Å². The highest BCUT2D eigenvalue weighted by Crippen LogP contribution is 2.09. The molecule has 1 aromatic rings. The number of benzene rings is 1. The molecule has 1 unspecified atom stereocenters. The number of rotatable bonds is 17. The summed E-state index contributed by atoms with van der Waals surface area (Å²) in [6.45, 7) is 4.28. The van der Waals surface area contributed by atoms with Crippen LogP contribution in [0.1, 0.15) is 109 Å². The van der Waals surface area contributed by atoms with E-state index in [1.165, 1.54) is 76.2 Å². The quantitative estimate of drug-likeness (QED) is 0.202. The largest absolute Gasteiger partial charge is 0.481 e. The lowest BCUT2D eigenvalue weighted by Crippen LogP contribution is -2.17. The van der Waals surface area contributed by atoms with Crippen molar-refractivity contribution in [2.45, 2.75) is 116 Å². The number of aliphatic carboxylic acids is 1. The zero-order chi connectivity index (χ0) is 22.3. The van der Waals surface area contributed by atoms with Gasteiger partial charge in [-0.3, -0.25) is 4.79 Å². The highest BCUT2D eigenvalue weighted by Gasteiger charge is 1.96. The Hall–Kier alpha value is -1.61. The smallest absolute Gasteiger partial charge is 0.303 e. The molecule has 0 saturated heterocycles. The number of carbonyl (C=O) groups is 1. The van der Waals surface area contributed by atoms with Gasteiger partial charge in [0.05, 0.1) is 0 Å². The molecule has 172 valence electrons. The minimum atomic E-state index is -0.664. The maximum atomic E-state index is 10.3. The van der Waals surface area contributed by atoms with Crippen molar-refractivity contribution in [3.63, 3.8) is 0 Å². The molecule has 3 N–H and O–H groups in total. The van der Waals surface area contributed by atoms with E-state index in [1.54, 1.807) is 0 Å². The zero-order valence-electron chi connectivity index (χ0n) is 19.7. The number of hydrogen-bond acceptors (Lipinski definition) is 2. The van der Waals surface area contributed by atoms with Gasteiger partial charge in [-0.1, -0.05) is 101 Å². The second kappa shape index (κ2) is 22.1. The molecule has 0 fully saturated rings. The van der Waals surface area contributed by atoms with Gasteiger partial charge in [0.2, 0.25) is 0 Å². The first-order valence-corrected chi connectivity index (χ1v) is 12.2. The van der Waals surface area contributed by atoms with Crippen LogP contribution in [0.5, 0.6) is 0 Å². The van der Waals surface area contributed by atoms with E-state index in [4.69, 9.17) is 10.8 Å². The van der Waals surface area contributed by atoms with Crippen LogP contribution in [0.25, 0.3) is 0 Å². The highest BCUT2D eigenvalue weighted by atomic mass is 16.4. The maximum absolute atomic E-state index is 10.3. The Bertz CT molecular complexity index is 511. The van der Waals surface area contributed by atoms with Crippen molar-refractivity contribution in [3.05, 3.63) is 48.0 Å². The summed E-state index contributed by atoms with van der Waals surface area (Å²) in [4.78, 5) is 10.3. The standard InChI is InChI=1S/C18H34O2.C9H13N/c1-2-3-4-5-6-7-8-9-10-11-12-13-14-15-16-17-18(19)20;1-8(10)7-9-5-3-2-4-6-9/h9-10H,2-8,11-17H2,1H3,(H,19,20);2-6,8H,7,10H2,1H3/b10-9-;. The second-order valence-electron chi connectivity index (χ2n) is 8.40. The lowest BCUT2D eigenvalue weighted by atomic mass is 10.1. The number of carboxylic acids is 1. The molecule has 30 heavy (non-hydrogen) atoms. The van der Waals surface area contributed by atoms with Crippen LogP contribution in [-0.2, 0) is 11.2 Å². The molecule has 0 radical (unpaired) electrons. The van der Waals surface area contributed by atoms with Gasteiger partial charge in [0.25, 0.3) is 0 Å². The van der Waals surface area contributed by atoms with E-state index in [0.717, 1.165) is 19.3 Å². The van der Waals surface area contributed by atoms with Crippen molar-refractivity contribution in [1.82, 2.24) is 0 Å². The average Bonchev–Trinajstić information content (AvgIpc) is 2.71. The van der Waals surface area contributed by atoms with Gasteiger partial charge < -0.3 is 10.8 Å². The molecule has 0 heterocycles. The van der Waals surface area contributed by atoms with Crippen LogP contribution >= 0.6 is 0 Å². The Kier molecular flexibility index (Phi) is 20.9. The summed E-state index contributed by atoms with van der Waals surface area (Å²) in [5, 5.41) is 8.51. The summed E-state index contributed by atoms with van der Waals surface area (Å²) < 4.78 is 0. The Morgan fingerprint density at radius 1 is 0.867 bits per heavy atom. The van der Waals surface area contributed by atoms with Gasteiger partial charge in [0.15, 0.2) is 0 Å². The molecule has 0 saturated carbocycles. The summed E-state index contributed by atoms with van der Waals surface area (Å²) in [6, 6.07) is 10.6. The minimum absolute atomic E-state index is 0.266. The molecule has 0 amide bonds. The van der Waals surface area contributed by atoms with E-state index in [2.05, 4.69) is 31.2 Å². The van der Waals surface area contributed by atoms with E-state index in [-0.39, 0.29) is 6.04 Å². The summed E-state index contributed by atoms with van der Waals surface area (Å²) in [5.41, 5.74) is 6.94. The monoisotopic (exact) mass is 417 g/mol. The first kappa shape index (κ1) is 28.4. The number of allylic oxidation sites excluding steroid dienone is 2. The van der Waals surface area contributed by atoms with Gasteiger partial charge in [-0.25, -0.2) is 0 Å². The van der Waals surface area contributed by atoms with Gasteiger partial charge in [0.1, 0.15) is 0 Å². The topological polar surface area (TPSA) is 63.3 Å². The van der Waals surface area contributed by atoms with Crippen molar-refractivity contribution in [3.8, 4) is 0 Å². The Balaban J connectivity index is 0.000000696. The molecule has 3 heteroatoms. The fraction of sp³-hybridized carbons (Fsp3) is 0.667. The van der Waals surface area contributed by atoms with E-state index >= 15 is 0 Å². The van der Waals surface area contributed by atoms with Crippen molar-refractivity contribution in [1.29, 1.82) is 0 Å². The molecule has 1 atom stereocenters. The summed E-state index contributed by atoms with van der Waals surface area (Å²) in [5.74, 6) is -0.664. The highest BCUT2D eigenvalue weighted by molar-refractivity contribution is 5.66. The molecule has 1 aromatic carbocycles. The molecule has 0 aliphatic rings. The van der Waals surface area contributed by atoms with Crippen LogP contribution in [0.3, 0.4) is 0 Å². The normalized spacial score (nSPS) is 11.8. The van der Waals surface area contributed by atoms with Crippen LogP contribution < -0.4 is 5.73 Å². The molecule has 1 rings (SSSR count). The maximum Gasteiger partial charge on any atom is 0.303 e. The molecule has 0 aliphatic heterocycles. The van der Waals surface area contributed by atoms with Gasteiger partial charge >= 0.3 is 5.97 Å². The minimum Gasteiger partial charge on any atom is -0.481 e. The van der Waals surface area contributed by atoms with E-state index in [0.29, 0.717) is 6.42 Å². The van der Waals surface area contributed by atoms with Crippen molar-refractivity contribution in [2.24, 2.45) is 5.73 Å². The molecular weight excluding hydrogens is 370 g/mol. The Morgan fingerprint density at radius 2 is 1.37 bits per heavy atom. The van der Waals surface area contributed by atoms with Crippen LogP contribution in [0, 0.1) is 0 Å². The van der Waals surface area contributed by atoms with Crippen LogP contribution in [0.4, 0.5) is 0 Å². The van der Waals surface area contributed by atoms with Gasteiger partial charge in [-0.05, 0) is 51.0 Å². The fourth-order valence-corrected chi connectivity index (χ4v) is 3.33. The van der Waals surface area contributed by atoms with Crippen LogP contribution in [0.2, 0.25) is 0 Å². The SMILES string of the molecule is CC(N)Cc1ccccc1.CCCCCCCC/C=C\CCCCCCCC(=O)O. The predicted octanol–water partition coefficient (Wildman–Crippen LogP) is 7.68. The summed E-state index contributed by atoms with van der Waals surface area (Å²) in [7, 11) is 0. The molecule has 0 spiro atoms. The summed E-state index contributed by atoms with van der Waals surface area (Å²) in [6.07, 6.45) is 22.2. The Morgan fingerprint density at radius 3 is 1.87 bits per heavy atom. The van der Waals surface area contributed by atoms with Gasteiger partial charge in [-0.2, -0.15) is 0 Å². The van der Waals surface area contributed by atoms with Gasteiger partial charge in [0, 0.05) is 12.5 Å². The number of carboxylic acid groups (broad SMARTS) is 1. The van der Waals surface area contributed by atoms with Crippen LogP contribution in [-0.4, -0.2) is 17.1 Å². The molecule has 0 aromatic heterocycles. The number of nitrogens with two attached hydrogens (primary N) is 1. The third-order valence-corrected chi connectivity index (χ3v) is 5.05. The zero-order valence-corrected chi connectivity index (χ0v) is 19.7. The molecule has 0 aliphatic carbocycles. The number of hydrogen-bond donors (Lipinski definition) is 2. The third-order valence-electron chi connectivity index (χ3n) is 5.05. The van der Waals surface area contributed by atoms with E-state index in [9.17, 15) is 4.79 Å². The lowest BCUT2D eigenvalue weighted by molar-refractivity contribution is -0.137. The van der Waals surface area contributed by atoms with Crippen molar-refractivity contribution in [2.75, 3.05) is 0 Å². The molecule has 3 nitrogen and oxygen atoms in total. The Labute approximate surface area is 186 Å². The average molecular weight is 418 g/mol. The summed E-state index contributed by atoms with van der Waals surface area (Å²) >= 11 is 0. The molecule has 0 bridgehead atoms. The van der Waals surface area contributed by atoms with E-state index < -0.39 is 5.97 Å². The second-order valence-corrected chi connectivity index (χ2v) is 8.40. The predicted molar refractivity (Wildman–Crippen MR) is 131 cm³/mol. The van der Waals surface area contributed by atoms with Crippen molar-refractivity contribution >= 4 is 5.97 Å². The number of unbranched alkanes of at least 4 members (excludes halogenated alkanes) is 11. The first-order chi connectivity index (χ1) is 14.6. The fourth-order valence-electron chi connectivity index (χ4n) is 3.33. The van der Waals surface area contributed by atoms with Gasteiger partial charge in [-0.15, -0.1) is 0 Å². The first-order valence-electron chi connectivity index (χ1n) is 12.2. The van der Waals surface area contributed by atoms with Crippen LogP contribution in [0.15, 0.2) is 42.5 Å². The molecular formula is C27H47NO2.